The first-order chi connectivity index (χ1) is 15.1. The molecule has 0 radical (unpaired) electrons. The van der Waals surface area contributed by atoms with Crippen molar-refractivity contribution in [2.24, 2.45) is 0 Å². The summed E-state index contributed by atoms with van der Waals surface area (Å²) in [5, 5.41) is 13.6. The third kappa shape index (κ3) is 3.00. The van der Waals surface area contributed by atoms with Crippen LogP contribution in [0, 0.1) is 17.1 Å². The number of benzene rings is 1. The van der Waals surface area contributed by atoms with Gasteiger partial charge in [-0.25, -0.2) is 9.37 Å². The molecule has 1 aromatic carbocycles. The maximum absolute atomic E-state index is 14.3. The van der Waals surface area contributed by atoms with Crippen LogP contribution in [0.2, 0.25) is 0 Å². The van der Waals surface area contributed by atoms with Crippen LogP contribution in [-0.4, -0.2) is 37.8 Å². The number of halogens is 1. The van der Waals surface area contributed by atoms with E-state index in [0.29, 0.717) is 11.4 Å². The highest BCUT2D eigenvalue weighted by Crippen LogP contribution is 2.34. The second-order valence-electron chi connectivity index (χ2n) is 7.60. The van der Waals surface area contributed by atoms with Gasteiger partial charge in [-0.3, -0.25) is 9.20 Å². The molecule has 9 nitrogen and oxygen atoms in total. The molecule has 0 aliphatic heterocycles. The largest absolute Gasteiger partial charge is 0.383 e. The zero-order valence-corrected chi connectivity index (χ0v) is 16.8. The lowest BCUT2D eigenvalue weighted by Crippen LogP contribution is -2.25. The van der Waals surface area contributed by atoms with Crippen LogP contribution in [0.3, 0.4) is 0 Å². The lowest BCUT2D eigenvalue weighted by atomic mass is 10.1. The Morgan fingerprint density at radius 2 is 2.13 bits per heavy atom. The third-order valence-corrected chi connectivity index (χ3v) is 5.84. The van der Waals surface area contributed by atoms with Gasteiger partial charge >= 0.3 is 0 Å². The van der Waals surface area contributed by atoms with Crippen LogP contribution in [0.25, 0.3) is 28.1 Å². The molecule has 1 saturated carbocycles. The summed E-state index contributed by atoms with van der Waals surface area (Å²) >= 11 is 0. The molecule has 0 saturated heterocycles. The predicted molar refractivity (Wildman–Crippen MR) is 108 cm³/mol. The van der Waals surface area contributed by atoms with Crippen LogP contribution in [0.5, 0.6) is 0 Å². The van der Waals surface area contributed by atoms with Gasteiger partial charge in [0, 0.05) is 19.6 Å². The monoisotopic (exact) mass is 422 g/mol. The Hall–Kier alpha value is -3.58. The van der Waals surface area contributed by atoms with Gasteiger partial charge in [-0.2, -0.15) is 10.2 Å². The fraction of sp³-hybridized carbons (Fsp3) is 0.381. The van der Waals surface area contributed by atoms with Gasteiger partial charge in [0.15, 0.2) is 0 Å². The van der Waals surface area contributed by atoms with E-state index in [1.165, 1.54) is 30.1 Å². The number of fused-ring (bicyclic) bond motifs is 3. The zero-order valence-electron chi connectivity index (χ0n) is 16.8. The SMILES string of the molecule is COCCn1c(=O)c2c(-c3noc(C4CCCC4)n3)ncn2c2ccc(F)c(C#N)c21. The van der Waals surface area contributed by atoms with E-state index in [2.05, 4.69) is 15.1 Å². The zero-order chi connectivity index (χ0) is 21.5. The van der Waals surface area contributed by atoms with Crippen molar-refractivity contribution in [3.05, 3.63) is 46.1 Å². The average Bonchev–Trinajstić information content (AvgIpc) is 3.53. The summed E-state index contributed by atoms with van der Waals surface area (Å²) in [5.41, 5.74) is 0.548. The molecule has 0 bridgehead atoms. The van der Waals surface area contributed by atoms with Gasteiger partial charge in [-0.1, -0.05) is 18.0 Å². The van der Waals surface area contributed by atoms with Crippen molar-refractivity contribution in [3.8, 4) is 17.6 Å². The van der Waals surface area contributed by atoms with Gasteiger partial charge in [0.1, 0.15) is 35.0 Å². The summed E-state index contributed by atoms with van der Waals surface area (Å²) in [5.74, 6) is 0.333. The minimum atomic E-state index is -0.695. The van der Waals surface area contributed by atoms with Crippen LogP contribution >= 0.6 is 0 Å². The van der Waals surface area contributed by atoms with E-state index in [0.717, 1.165) is 25.7 Å². The van der Waals surface area contributed by atoms with Gasteiger partial charge in [-0.05, 0) is 25.0 Å². The molecule has 31 heavy (non-hydrogen) atoms. The second-order valence-corrected chi connectivity index (χ2v) is 7.60. The highest BCUT2D eigenvalue weighted by Gasteiger charge is 2.26. The molecule has 158 valence electrons. The van der Waals surface area contributed by atoms with E-state index >= 15 is 0 Å². The van der Waals surface area contributed by atoms with Gasteiger partial charge in [0.05, 0.1) is 17.6 Å². The minimum absolute atomic E-state index is 0.144. The number of methoxy groups -OCH3 is 1. The molecule has 10 heteroatoms. The molecule has 0 spiro atoms. The number of imidazole rings is 1. The number of hydrogen-bond acceptors (Lipinski definition) is 7. The van der Waals surface area contributed by atoms with Crippen molar-refractivity contribution >= 4 is 16.6 Å². The highest BCUT2D eigenvalue weighted by molar-refractivity contribution is 5.87. The number of rotatable bonds is 5. The summed E-state index contributed by atoms with van der Waals surface area (Å²) in [6.07, 6.45) is 5.72. The number of nitriles is 1. The molecule has 0 unspecified atom stereocenters. The Kier molecular flexibility index (Phi) is 4.75. The standard InChI is InChI=1S/C21H19FN6O3/c1-30-9-8-27-17-13(10-23)14(22)6-7-15(17)28-11-24-16(18(28)21(27)29)19-25-20(31-26-19)12-4-2-3-5-12/h6-7,11-12H,2-5,8-9H2,1H3. The molecule has 1 aliphatic rings. The predicted octanol–water partition coefficient (Wildman–Crippen LogP) is 3.01. The van der Waals surface area contributed by atoms with Crippen LogP contribution in [0.1, 0.15) is 43.1 Å². The van der Waals surface area contributed by atoms with Gasteiger partial charge < -0.3 is 13.8 Å². The van der Waals surface area contributed by atoms with Crippen LogP contribution in [0.4, 0.5) is 4.39 Å². The topological polar surface area (TPSA) is 111 Å². The van der Waals surface area contributed by atoms with E-state index in [9.17, 15) is 14.4 Å². The van der Waals surface area contributed by atoms with Crippen molar-refractivity contribution in [2.45, 2.75) is 38.1 Å². The van der Waals surface area contributed by atoms with E-state index in [1.54, 1.807) is 4.40 Å². The van der Waals surface area contributed by atoms with E-state index in [-0.39, 0.29) is 47.2 Å². The molecular weight excluding hydrogens is 403 g/mol. The molecule has 1 aliphatic carbocycles. The van der Waals surface area contributed by atoms with Crippen molar-refractivity contribution in [2.75, 3.05) is 13.7 Å². The number of aromatic nitrogens is 5. The molecule has 0 atom stereocenters. The minimum Gasteiger partial charge on any atom is -0.383 e. The van der Waals surface area contributed by atoms with Crippen molar-refractivity contribution < 1.29 is 13.7 Å². The first-order valence-corrected chi connectivity index (χ1v) is 10.1. The smallest absolute Gasteiger partial charge is 0.277 e. The Labute approximate surface area is 175 Å². The quantitative estimate of drug-likeness (QED) is 0.486. The Morgan fingerprint density at radius 3 is 2.87 bits per heavy atom. The lowest BCUT2D eigenvalue weighted by Gasteiger charge is -2.13. The first-order valence-electron chi connectivity index (χ1n) is 10.1. The Balaban J connectivity index is 1.77. The maximum atomic E-state index is 14.3. The number of hydrogen-bond donors (Lipinski definition) is 0. The third-order valence-electron chi connectivity index (χ3n) is 5.84. The van der Waals surface area contributed by atoms with E-state index in [4.69, 9.17) is 9.26 Å². The molecular formula is C21H19FN6O3. The summed E-state index contributed by atoms with van der Waals surface area (Å²) in [6.45, 7) is 0.356. The lowest BCUT2D eigenvalue weighted by molar-refractivity contribution is 0.187. The second kappa shape index (κ2) is 7.59. The summed E-state index contributed by atoms with van der Waals surface area (Å²) in [6, 6.07) is 4.60. The number of nitrogens with zero attached hydrogens (tertiary/aromatic N) is 6. The average molecular weight is 422 g/mol. The summed E-state index contributed by atoms with van der Waals surface area (Å²) in [7, 11) is 1.51. The fourth-order valence-electron chi connectivity index (χ4n) is 4.32. The van der Waals surface area contributed by atoms with E-state index < -0.39 is 11.4 Å². The van der Waals surface area contributed by atoms with Crippen molar-refractivity contribution in [3.63, 3.8) is 0 Å². The molecule has 3 aromatic heterocycles. The fourth-order valence-corrected chi connectivity index (χ4v) is 4.32. The molecule has 1 fully saturated rings. The van der Waals surface area contributed by atoms with Crippen molar-refractivity contribution in [1.29, 1.82) is 5.26 Å². The Morgan fingerprint density at radius 1 is 1.32 bits per heavy atom. The van der Waals surface area contributed by atoms with Gasteiger partial charge in [-0.15, -0.1) is 0 Å². The molecule has 4 aromatic rings. The summed E-state index contributed by atoms with van der Waals surface area (Å²) in [4.78, 5) is 22.4. The van der Waals surface area contributed by atoms with Gasteiger partial charge in [0.25, 0.3) is 5.56 Å². The normalized spacial score (nSPS) is 14.6. The highest BCUT2D eigenvalue weighted by atomic mass is 19.1. The first kappa shape index (κ1) is 19.4. The Bertz CT molecular complexity index is 1390. The van der Waals surface area contributed by atoms with E-state index in [1.807, 2.05) is 6.07 Å². The molecule has 3 heterocycles. The summed E-state index contributed by atoms with van der Waals surface area (Å²) < 4.78 is 27.8. The molecule has 0 amide bonds. The van der Waals surface area contributed by atoms with Crippen LogP contribution in [0.15, 0.2) is 27.8 Å². The number of ether oxygens (including phenoxy) is 1. The van der Waals surface area contributed by atoms with Crippen molar-refractivity contribution in [1.82, 2.24) is 24.1 Å². The molecule has 0 N–H and O–H groups in total. The van der Waals surface area contributed by atoms with Crippen LogP contribution < -0.4 is 5.56 Å². The van der Waals surface area contributed by atoms with Crippen LogP contribution in [-0.2, 0) is 11.3 Å². The van der Waals surface area contributed by atoms with Gasteiger partial charge in [0.2, 0.25) is 11.7 Å². The molecule has 5 rings (SSSR count). The maximum Gasteiger partial charge on any atom is 0.277 e.